The van der Waals surface area contributed by atoms with Crippen molar-refractivity contribution in [2.24, 2.45) is 0 Å². The maximum absolute atomic E-state index is 3.24. The van der Waals surface area contributed by atoms with Crippen molar-refractivity contribution in [2.75, 3.05) is 0 Å². The Morgan fingerprint density at radius 1 is 0.292 bits per heavy atom. The van der Waals surface area contributed by atoms with Crippen LogP contribution in [0.15, 0.2) is 146 Å². The molecular formula is C48H48. The van der Waals surface area contributed by atoms with Gasteiger partial charge in [-0.05, 0) is 93.5 Å². The molecule has 0 aliphatic heterocycles. The molecule has 0 saturated carbocycles. The van der Waals surface area contributed by atoms with E-state index in [2.05, 4.69) is 213 Å². The second-order valence-electron chi connectivity index (χ2n) is 14.8. The summed E-state index contributed by atoms with van der Waals surface area (Å²) in [7, 11) is 0. The van der Waals surface area contributed by atoms with Gasteiger partial charge in [0.2, 0.25) is 0 Å². The van der Waals surface area contributed by atoms with E-state index in [0.717, 1.165) is 11.1 Å². The smallest absolute Gasteiger partial charge is 0.0249 e. The summed E-state index contributed by atoms with van der Waals surface area (Å²) >= 11 is 0. The molecule has 240 valence electrons. The van der Waals surface area contributed by atoms with E-state index in [4.69, 9.17) is 0 Å². The first-order valence-corrected chi connectivity index (χ1v) is 16.9. The summed E-state index contributed by atoms with van der Waals surface area (Å²) in [4.78, 5) is 0. The Labute approximate surface area is 289 Å². The van der Waals surface area contributed by atoms with Crippen LogP contribution in [0.3, 0.4) is 0 Å². The van der Waals surface area contributed by atoms with Crippen molar-refractivity contribution in [3.05, 3.63) is 179 Å². The largest absolute Gasteiger partial charge is 0.0617 e. The second-order valence-corrected chi connectivity index (χ2v) is 14.8. The van der Waals surface area contributed by atoms with Crippen molar-refractivity contribution in [1.29, 1.82) is 0 Å². The van der Waals surface area contributed by atoms with Crippen molar-refractivity contribution in [3.63, 3.8) is 0 Å². The maximum atomic E-state index is 3.24. The first-order chi connectivity index (χ1) is 22.8. The number of hydrogen-bond donors (Lipinski definition) is 0. The fraction of sp³-hybridized carbons (Fsp3) is 0.208. The van der Waals surface area contributed by atoms with E-state index in [0.29, 0.717) is 0 Å². The monoisotopic (exact) mass is 624 g/mol. The van der Waals surface area contributed by atoms with Gasteiger partial charge in [0, 0.05) is 11.1 Å². The summed E-state index contributed by atoms with van der Waals surface area (Å²) in [6, 6.07) is 52.1. The van der Waals surface area contributed by atoms with Gasteiger partial charge in [0.15, 0.2) is 0 Å². The number of hydrogen-bond acceptors (Lipinski definition) is 0. The Morgan fingerprint density at radius 2 is 0.500 bits per heavy atom. The molecule has 0 nitrogen and oxygen atoms in total. The van der Waals surface area contributed by atoms with Crippen LogP contribution in [-0.2, 0) is 10.8 Å². The highest BCUT2D eigenvalue weighted by molar-refractivity contribution is 5.71. The van der Waals surface area contributed by atoms with E-state index in [-0.39, 0.29) is 10.8 Å². The highest BCUT2D eigenvalue weighted by Crippen LogP contribution is 2.29. The first kappa shape index (κ1) is 34.2. The van der Waals surface area contributed by atoms with Crippen molar-refractivity contribution in [3.8, 4) is 45.2 Å². The molecule has 0 atom stereocenters. The number of aryl methyl sites for hydroxylation is 2. The molecule has 0 saturated heterocycles. The molecule has 0 N–H and O–H groups in total. The number of rotatable bonds is 3. The molecular weight excluding hydrogens is 577 g/mol. The normalized spacial score (nSPS) is 11.2. The molecule has 6 aromatic carbocycles. The predicted molar refractivity (Wildman–Crippen MR) is 208 cm³/mol. The van der Waals surface area contributed by atoms with Crippen LogP contribution in [0.2, 0.25) is 0 Å². The van der Waals surface area contributed by atoms with Crippen LogP contribution in [0.4, 0.5) is 0 Å². The highest BCUT2D eigenvalue weighted by Gasteiger charge is 2.14. The van der Waals surface area contributed by atoms with Gasteiger partial charge in [-0.15, -0.1) is 0 Å². The fourth-order valence-corrected chi connectivity index (χ4v) is 5.45. The molecule has 0 unspecified atom stereocenters. The molecule has 0 radical (unpaired) electrons. The number of benzene rings is 6. The first-order valence-electron chi connectivity index (χ1n) is 16.9. The van der Waals surface area contributed by atoms with Gasteiger partial charge in [-0.2, -0.15) is 0 Å². The topological polar surface area (TPSA) is 0 Å². The van der Waals surface area contributed by atoms with Crippen molar-refractivity contribution in [2.45, 2.75) is 66.2 Å². The lowest BCUT2D eigenvalue weighted by atomic mass is 9.86. The minimum absolute atomic E-state index is 0.188. The van der Waals surface area contributed by atoms with Crippen LogP contribution in [0, 0.1) is 25.7 Å². The minimum Gasteiger partial charge on any atom is -0.0617 e. The van der Waals surface area contributed by atoms with Gasteiger partial charge in [0.05, 0.1) is 0 Å². The third-order valence-corrected chi connectivity index (χ3v) is 8.73. The molecule has 0 aromatic heterocycles. The summed E-state index contributed by atoms with van der Waals surface area (Å²) in [5.74, 6) is 6.46. The fourth-order valence-electron chi connectivity index (χ4n) is 5.45. The highest BCUT2D eigenvalue weighted by atomic mass is 14.2. The lowest BCUT2D eigenvalue weighted by molar-refractivity contribution is 0.590. The van der Waals surface area contributed by atoms with Crippen molar-refractivity contribution in [1.82, 2.24) is 0 Å². The summed E-state index contributed by atoms with van der Waals surface area (Å²) in [6.07, 6.45) is 0. The summed E-state index contributed by atoms with van der Waals surface area (Å²) < 4.78 is 0. The quantitative estimate of drug-likeness (QED) is 0.172. The van der Waals surface area contributed by atoms with Crippen LogP contribution < -0.4 is 0 Å². The Morgan fingerprint density at radius 3 is 0.792 bits per heavy atom. The molecule has 0 spiro atoms. The maximum Gasteiger partial charge on any atom is 0.0249 e. The van der Waals surface area contributed by atoms with Gasteiger partial charge < -0.3 is 0 Å². The molecule has 6 rings (SSSR count). The zero-order chi connectivity index (χ0) is 34.3. The van der Waals surface area contributed by atoms with Gasteiger partial charge in [0.25, 0.3) is 0 Å². The molecule has 0 fully saturated rings. The average molecular weight is 625 g/mol. The molecule has 0 bridgehead atoms. The van der Waals surface area contributed by atoms with Crippen LogP contribution in [0.5, 0.6) is 0 Å². The molecule has 0 amide bonds. The molecule has 0 heterocycles. The van der Waals surface area contributed by atoms with E-state index in [1.165, 1.54) is 55.6 Å². The predicted octanol–water partition coefficient (Wildman–Crippen LogP) is 13.0. The van der Waals surface area contributed by atoms with E-state index in [1.807, 2.05) is 0 Å². The van der Waals surface area contributed by atoms with E-state index < -0.39 is 0 Å². The van der Waals surface area contributed by atoms with Crippen LogP contribution in [-0.4, -0.2) is 0 Å². The molecule has 6 aromatic rings. The second kappa shape index (κ2) is 14.8. The zero-order valence-corrected chi connectivity index (χ0v) is 29.9. The lowest BCUT2D eigenvalue weighted by Gasteiger charge is -2.19. The Bertz CT molecular complexity index is 1960. The van der Waals surface area contributed by atoms with Crippen LogP contribution in [0.1, 0.15) is 74.9 Å². The summed E-state index contributed by atoms with van der Waals surface area (Å²) in [5, 5.41) is 0. The lowest BCUT2D eigenvalue weighted by Crippen LogP contribution is -2.10. The Hall–Kier alpha value is -5.12. The van der Waals surface area contributed by atoms with Gasteiger partial charge in [-0.1, -0.05) is 186 Å². The van der Waals surface area contributed by atoms with Gasteiger partial charge >= 0.3 is 0 Å². The van der Waals surface area contributed by atoms with E-state index in [1.54, 1.807) is 0 Å². The van der Waals surface area contributed by atoms with E-state index >= 15 is 0 Å². The average Bonchev–Trinajstić information content (AvgIpc) is 3.08. The van der Waals surface area contributed by atoms with E-state index in [9.17, 15) is 0 Å². The van der Waals surface area contributed by atoms with Gasteiger partial charge in [-0.3, -0.25) is 0 Å². The molecule has 0 heteroatoms. The van der Waals surface area contributed by atoms with Crippen molar-refractivity contribution < 1.29 is 0 Å². The van der Waals surface area contributed by atoms with Crippen LogP contribution >= 0.6 is 0 Å². The molecule has 48 heavy (non-hydrogen) atoms. The molecule has 0 aliphatic rings. The Balaban J connectivity index is 0.000000188. The third-order valence-electron chi connectivity index (χ3n) is 8.73. The third kappa shape index (κ3) is 9.24. The summed E-state index contributed by atoms with van der Waals surface area (Å²) in [6.45, 7) is 17.7. The van der Waals surface area contributed by atoms with Crippen molar-refractivity contribution >= 4 is 0 Å². The minimum atomic E-state index is 0.188. The standard InChI is InChI=1S/C25H24.C23H24/c1-19-5-7-20(8-6-19)9-10-21-11-13-22(14-12-21)23-15-17-24(18-16-23)25(2,3)4;1-17-5-7-18(8-6-17)19-9-11-20(12-10-19)21-13-15-22(16-14-21)23(2,3)4/h5-8,11-18H,1-4H3;5-16H,1-4H3. The summed E-state index contributed by atoms with van der Waals surface area (Å²) in [5.41, 5.74) is 15.3. The Kier molecular flexibility index (Phi) is 10.5. The molecule has 0 aliphatic carbocycles. The van der Waals surface area contributed by atoms with Gasteiger partial charge in [-0.25, -0.2) is 0 Å². The zero-order valence-electron chi connectivity index (χ0n) is 29.9. The van der Waals surface area contributed by atoms with Crippen LogP contribution in [0.25, 0.3) is 33.4 Å². The van der Waals surface area contributed by atoms with Gasteiger partial charge in [0.1, 0.15) is 0 Å². The SMILES string of the molecule is Cc1ccc(-c2ccc(-c3ccc(C(C)(C)C)cc3)cc2)cc1.Cc1ccc(C#Cc2ccc(-c3ccc(C(C)(C)C)cc3)cc2)cc1.